The molecule has 19 heavy (non-hydrogen) atoms. The quantitative estimate of drug-likeness (QED) is 0.864. The molecule has 0 bridgehead atoms. The zero-order chi connectivity index (χ0) is 13.7. The van der Waals surface area contributed by atoms with Crippen LogP contribution in [0.4, 0.5) is 5.69 Å². The summed E-state index contributed by atoms with van der Waals surface area (Å²) in [6.07, 6.45) is 3.86. The number of nitrogens with one attached hydrogen (secondary N) is 1. The average molecular weight is 258 g/mol. The molecule has 0 saturated heterocycles. The van der Waals surface area contributed by atoms with Crippen LogP contribution in [0.5, 0.6) is 0 Å². The highest BCUT2D eigenvalue weighted by Crippen LogP contribution is 2.11. The molecule has 1 N–H and O–H groups in total. The minimum absolute atomic E-state index is 0.758. The summed E-state index contributed by atoms with van der Waals surface area (Å²) >= 11 is 0. The van der Waals surface area contributed by atoms with Crippen molar-refractivity contribution >= 4 is 5.69 Å². The first-order valence-electron chi connectivity index (χ1n) is 6.66. The fourth-order valence-electron chi connectivity index (χ4n) is 2.07. The number of rotatable bonds is 6. The predicted molar refractivity (Wildman–Crippen MR) is 79.1 cm³/mol. The van der Waals surface area contributed by atoms with E-state index in [9.17, 15) is 0 Å². The summed E-state index contributed by atoms with van der Waals surface area (Å²) in [6, 6.07) is 8.57. The van der Waals surface area contributed by atoms with E-state index in [0.29, 0.717) is 0 Å². The summed E-state index contributed by atoms with van der Waals surface area (Å²) in [6.45, 7) is 4.81. The molecular weight excluding hydrogens is 236 g/mol. The first kappa shape index (κ1) is 13.6. The molecular formula is C15H22N4. The molecule has 4 heteroatoms. The zero-order valence-corrected chi connectivity index (χ0v) is 11.9. The minimum Gasteiger partial charge on any atom is -0.378 e. The maximum atomic E-state index is 4.35. The van der Waals surface area contributed by atoms with E-state index in [1.807, 2.05) is 12.4 Å². The van der Waals surface area contributed by atoms with Gasteiger partial charge in [0.15, 0.2) is 0 Å². The standard InChI is InChI=1S/C15H22N4/c1-4-19-10-9-16-15(19)11-17-14-7-5-13(6-8-14)12-18(2)3/h5-10,17H,4,11-12H2,1-3H3. The van der Waals surface area contributed by atoms with Gasteiger partial charge in [0, 0.05) is 31.2 Å². The Balaban J connectivity index is 1.93. The van der Waals surface area contributed by atoms with Crippen molar-refractivity contribution in [3.8, 4) is 0 Å². The van der Waals surface area contributed by atoms with Gasteiger partial charge in [0.1, 0.15) is 5.82 Å². The fraction of sp³-hybridized carbons (Fsp3) is 0.400. The summed E-state index contributed by atoms with van der Waals surface area (Å²) in [5.41, 5.74) is 2.46. The highest BCUT2D eigenvalue weighted by molar-refractivity contribution is 5.44. The Bertz CT molecular complexity index is 499. The molecule has 1 aromatic heterocycles. The second-order valence-electron chi connectivity index (χ2n) is 4.92. The van der Waals surface area contributed by atoms with E-state index in [1.165, 1.54) is 5.56 Å². The Morgan fingerprint density at radius 1 is 1.21 bits per heavy atom. The van der Waals surface area contributed by atoms with Gasteiger partial charge >= 0.3 is 0 Å². The largest absolute Gasteiger partial charge is 0.378 e. The maximum Gasteiger partial charge on any atom is 0.128 e. The van der Waals surface area contributed by atoms with Gasteiger partial charge in [-0.3, -0.25) is 0 Å². The Hall–Kier alpha value is -1.81. The molecule has 0 amide bonds. The summed E-state index contributed by atoms with van der Waals surface area (Å²) < 4.78 is 2.15. The number of imidazole rings is 1. The van der Waals surface area contributed by atoms with Gasteiger partial charge in [-0.25, -0.2) is 4.98 Å². The smallest absolute Gasteiger partial charge is 0.128 e. The fourth-order valence-corrected chi connectivity index (χ4v) is 2.07. The van der Waals surface area contributed by atoms with Gasteiger partial charge < -0.3 is 14.8 Å². The summed E-state index contributed by atoms with van der Waals surface area (Å²) in [7, 11) is 4.16. The SMILES string of the molecule is CCn1ccnc1CNc1ccc(CN(C)C)cc1. The molecule has 0 fully saturated rings. The normalized spacial score (nSPS) is 10.9. The third-order valence-corrected chi connectivity index (χ3v) is 3.05. The lowest BCUT2D eigenvalue weighted by molar-refractivity contribution is 0.402. The van der Waals surface area contributed by atoms with Crippen LogP contribution in [-0.4, -0.2) is 28.5 Å². The van der Waals surface area contributed by atoms with Crippen molar-refractivity contribution < 1.29 is 0 Å². The third-order valence-electron chi connectivity index (χ3n) is 3.05. The molecule has 4 nitrogen and oxygen atoms in total. The van der Waals surface area contributed by atoms with Gasteiger partial charge in [-0.1, -0.05) is 12.1 Å². The van der Waals surface area contributed by atoms with Crippen LogP contribution in [0.15, 0.2) is 36.7 Å². The van der Waals surface area contributed by atoms with Gasteiger partial charge in [0.25, 0.3) is 0 Å². The number of hydrogen-bond acceptors (Lipinski definition) is 3. The summed E-state index contributed by atoms with van der Waals surface area (Å²) in [5.74, 6) is 1.07. The third kappa shape index (κ3) is 3.83. The number of nitrogens with zero attached hydrogens (tertiary/aromatic N) is 3. The lowest BCUT2D eigenvalue weighted by Gasteiger charge is -2.11. The number of benzene rings is 1. The first-order valence-corrected chi connectivity index (χ1v) is 6.66. The molecule has 2 aromatic rings. The number of aryl methyl sites for hydroxylation is 1. The highest BCUT2D eigenvalue weighted by Gasteiger charge is 2.01. The molecule has 1 heterocycles. The van der Waals surface area contributed by atoms with Gasteiger partial charge in [-0.05, 0) is 38.7 Å². The second kappa shape index (κ2) is 6.38. The van der Waals surface area contributed by atoms with E-state index >= 15 is 0 Å². The van der Waals surface area contributed by atoms with E-state index in [-0.39, 0.29) is 0 Å². The Morgan fingerprint density at radius 3 is 2.58 bits per heavy atom. The maximum absolute atomic E-state index is 4.35. The Kier molecular flexibility index (Phi) is 4.58. The van der Waals surface area contributed by atoms with Crippen LogP contribution in [0.2, 0.25) is 0 Å². The van der Waals surface area contributed by atoms with E-state index < -0.39 is 0 Å². The van der Waals surface area contributed by atoms with Gasteiger partial charge in [-0.15, -0.1) is 0 Å². The molecule has 1 aromatic carbocycles. The van der Waals surface area contributed by atoms with Crippen LogP contribution in [0.3, 0.4) is 0 Å². The topological polar surface area (TPSA) is 33.1 Å². The lowest BCUT2D eigenvalue weighted by Crippen LogP contribution is -2.10. The first-order chi connectivity index (χ1) is 9.19. The van der Waals surface area contributed by atoms with Gasteiger partial charge in [-0.2, -0.15) is 0 Å². The molecule has 0 atom stereocenters. The van der Waals surface area contributed by atoms with Crippen molar-refractivity contribution in [2.75, 3.05) is 19.4 Å². The van der Waals surface area contributed by atoms with Gasteiger partial charge in [0.2, 0.25) is 0 Å². The average Bonchev–Trinajstić information content (AvgIpc) is 2.84. The molecule has 0 spiro atoms. The van der Waals surface area contributed by atoms with Crippen molar-refractivity contribution in [3.05, 3.63) is 48.0 Å². The van der Waals surface area contributed by atoms with Crippen LogP contribution in [0.25, 0.3) is 0 Å². The highest BCUT2D eigenvalue weighted by atomic mass is 15.1. The van der Waals surface area contributed by atoms with Crippen LogP contribution in [0, 0.1) is 0 Å². The predicted octanol–water partition coefficient (Wildman–Crippen LogP) is 2.58. The molecule has 0 aliphatic carbocycles. The van der Waals surface area contributed by atoms with Crippen molar-refractivity contribution in [3.63, 3.8) is 0 Å². The molecule has 0 saturated carbocycles. The number of hydrogen-bond donors (Lipinski definition) is 1. The summed E-state index contributed by atoms with van der Waals surface area (Å²) in [5, 5.41) is 3.41. The number of anilines is 1. The van der Waals surface area contributed by atoms with E-state index in [2.05, 4.69) is 65.1 Å². The zero-order valence-electron chi connectivity index (χ0n) is 11.9. The van der Waals surface area contributed by atoms with Crippen molar-refractivity contribution in [1.82, 2.24) is 14.5 Å². The van der Waals surface area contributed by atoms with Gasteiger partial charge in [0.05, 0.1) is 6.54 Å². The second-order valence-corrected chi connectivity index (χ2v) is 4.92. The number of aromatic nitrogens is 2. The minimum atomic E-state index is 0.758. The Labute approximate surface area is 115 Å². The monoisotopic (exact) mass is 258 g/mol. The molecule has 0 aliphatic heterocycles. The van der Waals surface area contributed by atoms with Crippen molar-refractivity contribution in [1.29, 1.82) is 0 Å². The lowest BCUT2D eigenvalue weighted by atomic mass is 10.2. The molecule has 0 radical (unpaired) electrons. The molecule has 0 aliphatic rings. The Morgan fingerprint density at radius 2 is 1.95 bits per heavy atom. The van der Waals surface area contributed by atoms with E-state index in [4.69, 9.17) is 0 Å². The van der Waals surface area contributed by atoms with Crippen molar-refractivity contribution in [2.24, 2.45) is 0 Å². The van der Waals surface area contributed by atoms with E-state index in [1.54, 1.807) is 0 Å². The molecule has 0 unspecified atom stereocenters. The van der Waals surface area contributed by atoms with Crippen molar-refractivity contribution in [2.45, 2.75) is 26.6 Å². The summed E-state index contributed by atoms with van der Waals surface area (Å²) in [4.78, 5) is 6.52. The van der Waals surface area contributed by atoms with E-state index in [0.717, 1.165) is 31.1 Å². The molecule has 102 valence electrons. The van der Waals surface area contributed by atoms with Crippen LogP contribution in [0.1, 0.15) is 18.3 Å². The molecule has 2 rings (SSSR count). The van der Waals surface area contributed by atoms with Crippen LogP contribution in [-0.2, 0) is 19.6 Å². The van der Waals surface area contributed by atoms with Crippen LogP contribution >= 0.6 is 0 Å². The van der Waals surface area contributed by atoms with Crippen LogP contribution < -0.4 is 5.32 Å².